The average Bonchev–Trinajstić information content (AvgIpc) is 3.06. The van der Waals surface area contributed by atoms with Gasteiger partial charge >= 0.3 is 0 Å². The molecule has 0 bridgehead atoms. The normalized spacial score (nSPS) is 14.5. The molecular weight excluding hydrogens is 280 g/mol. The molecule has 0 aromatic carbocycles. The van der Waals surface area contributed by atoms with Crippen LogP contribution in [0.5, 0.6) is 0 Å². The second-order valence-electron chi connectivity index (χ2n) is 4.21. The summed E-state index contributed by atoms with van der Waals surface area (Å²) in [5.41, 5.74) is 0. The molecule has 19 heavy (non-hydrogen) atoms. The van der Waals surface area contributed by atoms with Crippen molar-refractivity contribution in [3.63, 3.8) is 0 Å². The molecule has 0 spiro atoms. The van der Waals surface area contributed by atoms with Crippen molar-refractivity contribution in [3.8, 4) is 10.7 Å². The van der Waals surface area contributed by atoms with Crippen LogP contribution in [0.2, 0.25) is 0 Å². The third kappa shape index (κ3) is 2.28. The van der Waals surface area contributed by atoms with Crippen LogP contribution in [0.15, 0.2) is 22.7 Å². The van der Waals surface area contributed by atoms with Gasteiger partial charge in [-0.05, 0) is 17.9 Å². The molecule has 0 atom stereocenters. The van der Waals surface area contributed by atoms with Gasteiger partial charge < -0.3 is 0 Å². The van der Waals surface area contributed by atoms with Crippen molar-refractivity contribution in [1.29, 1.82) is 0 Å². The molecule has 0 saturated heterocycles. The van der Waals surface area contributed by atoms with Crippen molar-refractivity contribution in [3.05, 3.63) is 17.5 Å². The maximum atomic E-state index is 12.2. The van der Waals surface area contributed by atoms with E-state index in [-0.39, 0.29) is 5.91 Å². The van der Waals surface area contributed by atoms with E-state index in [1.165, 1.54) is 0 Å². The number of hydrogen-bond donors (Lipinski definition) is 0. The fourth-order valence-electron chi connectivity index (χ4n) is 2.04. The first-order valence-corrected chi connectivity index (χ1v) is 8.10. The largest absolute Gasteiger partial charge is 0.273 e. The number of thiophene rings is 1. The van der Waals surface area contributed by atoms with E-state index in [4.69, 9.17) is 0 Å². The van der Waals surface area contributed by atoms with Gasteiger partial charge in [-0.15, -0.1) is 21.5 Å². The lowest BCUT2D eigenvalue weighted by molar-refractivity contribution is -0.120. The smallest absolute Gasteiger partial charge is 0.241 e. The van der Waals surface area contributed by atoms with Crippen LogP contribution in [0.3, 0.4) is 0 Å². The molecule has 7 heteroatoms. The van der Waals surface area contributed by atoms with Gasteiger partial charge in [0, 0.05) is 12.2 Å². The highest BCUT2D eigenvalue weighted by atomic mass is 32.2. The first-order chi connectivity index (χ1) is 9.31. The Bertz CT molecular complexity index is 579. The summed E-state index contributed by atoms with van der Waals surface area (Å²) in [7, 11) is 0. The zero-order valence-electron chi connectivity index (χ0n) is 10.6. The van der Waals surface area contributed by atoms with Gasteiger partial charge in [0.1, 0.15) is 0 Å². The molecule has 0 fully saturated rings. The molecule has 3 heterocycles. The van der Waals surface area contributed by atoms with Crippen LogP contribution in [-0.2, 0) is 4.79 Å². The first kappa shape index (κ1) is 12.7. The molecule has 0 N–H and O–H groups in total. The number of aromatic nitrogens is 3. The van der Waals surface area contributed by atoms with Gasteiger partial charge in [-0.2, -0.15) is 0 Å². The minimum absolute atomic E-state index is 0.140. The number of rotatable bonds is 3. The lowest BCUT2D eigenvalue weighted by Gasteiger charge is -2.28. The van der Waals surface area contributed by atoms with Crippen LogP contribution < -0.4 is 5.01 Å². The quantitative estimate of drug-likeness (QED) is 0.872. The number of fused-ring (bicyclic) bond motifs is 1. The Balaban J connectivity index is 2.02. The maximum Gasteiger partial charge on any atom is 0.241 e. The number of amides is 1. The number of hydrogen-bond acceptors (Lipinski definition) is 5. The molecule has 0 aliphatic carbocycles. The summed E-state index contributed by atoms with van der Waals surface area (Å²) >= 11 is 3.26. The highest BCUT2D eigenvalue weighted by Gasteiger charge is 2.27. The SMILES string of the molecule is CCCC(=O)N1CCSc2nnc(-c3cccs3)n21. The highest BCUT2D eigenvalue weighted by molar-refractivity contribution is 7.99. The molecular formula is C12H14N4OS2. The van der Waals surface area contributed by atoms with E-state index in [2.05, 4.69) is 10.2 Å². The molecule has 0 radical (unpaired) electrons. The summed E-state index contributed by atoms with van der Waals surface area (Å²) in [5, 5.41) is 13.0. The van der Waals surface area contributed by atoms with E-state index in [1.54, 1.807) is 28.1 Å². The summed E-state index contributed by atoms with van der Waals surface area (Å²) in [6.07, 6.45) is 1.42. The predicted octanol–water partition coefficient (Wildman–Crippen LogP) is 2.38. The maximum absolute atomic E-state index is 12.2. The van der Waals surface area contributed by atoms with Gasteiger partial charge in [-0.1, -0.05) is 24.8 Å². The fourth-order valence-corrected chi connectivity index (χ4v) is 3.58. The predicted molar refractivity (Wildman–Crippen MR) is 77.1 cm³/mol. The Kier molecular flexibility index (Phi) is 3.56. The van der Waals surface area contributed by atoms with Crippen LogP contribution in [0, 0.1) is 0 Å². The fraction of sp³-hybridized carbons (Fsp3) is 0.417. The summed E-state index contributed by atoms with van der Waals surface area (Å²) in [5.74, 6) is 1.78. The topological polar surface area (TPSA) is 51.0 Å². The monoisotopic (exact) mass is 294 g/mol. The molecule has 1 amide bonds. The van der Waals surface area contributed by atoms with Crippen molar-refractivity contribution >= 4 is 29.0 Å². The van der Waals surface area contributed by atoms with E-state index in [0.29, 0.717) is 13.0 Å². The zero-order valence-corrected chi connectivity index (χ0v) is 12.2. The number of nitrogens with zero attached hydrogens (tertiary/aromatic N) is 4. The third-order valence-corrected chi connectivity index (χ3v) is 4.65. The van der Waals surface area contributed by atoms with Gasteiger partial charge in [0.25, 0.3) is 0 Å². The lowest BCUT2D eigenvalue weighted by Crippen LogP contribution is -2.44. The van der Waals surface area contributed by atoms with Gasteiger partial charge in [-0.3, -0.25) is 4.79 Å². The van der Waals surface area contributed by atoms with Gasteiger partial charge in [0.05, 0.1) is 11.4 Å². The molecule has 0 saturated carbocycles. The Morgan fingerprint density at radius 2 is 2.37 bits per heavy atom. The van der Waals surface area contributed by atoms with Gasteiger partial charge in [-0.25, -0.2) is 9.69 Å². The minimum Gasteiger partial charge on any atom is -0.273 e. The molecule has 1 aliphatic heterocycles. The van der Waals surface area contributed by atoms with Crippen LogP contribution in [0.1, 0.15) is 19.8 Å². The third-order valence-electron chi connectivity index (χ3n) is 2.88. The Hall–Kier alpha value is -1.34. The number of carbonyl (C=O) groups excluding carboxylic acids is 1. The molecule has 2 aromatic rings. The molecule has 100 valence electrons. The molecule has 1 aliphatic rings. The van der Waals surface area contributed by atoms with E-state index < -0.39 is 0 Å². The van der Waals surface area contributed by atoms with Gasteiger partial charge in [0.15, 0.2) is 5.82 Å². The van der Waals surface area contributed by atoms with Crippen molar-refractivity contribution in [2.24, 2.45) is 0 Å². The van der Waals surface area contributed by atoms with Crippen LogP contribution in [-0.4, -0.2) is 33.1 Å². The van der Waals surface area contributed by atoms with Crippen molar-refractivity contribution in [2.75, 3.05) is 17.3 Å². The van der Waals surface area contributed by atoms with E-state index in [0.717, 1.165) is 28.0 Å². The summed E-state index contributed by atoms with van der Waals surface area (Å²) in [6, 6.07) is 3.99. The van der Waals surface area contributed by atoms with Gasteiger partial charge in [0.2, 0.25) is 11.1 Å². The van der Waals surface area contributed by atoms with Crippen molar-refractivity contribution in [1.82, 2.24) is 14.9 Å². The summed E-state index contributed by atoms with van der Waals surface area (Å²) < 4.78 is 1.87. The Morgan fingerprint density at radius 1 is 1.47 bits per heavy atom. The second-order valence-corrected chi connectivity index (χ2v) is 6.22. The molecule has 0 unspecified atom stereocenters. The number of carbonyl (C=O) groups is 1. The summed E-state index contributed by atoms with van der Waals surface area (Å²) in [6.45, 7) is 2.73. The molecule has 5 nitrogen and oxygen atoms in total. The van der Waals surface area contributed by atoms with E-state index in [1.807, 2.05) is 29.1 Å². The summed E-state index contributed by atoms with van der Waals surface area (Å²) in [4.78, 5) is 13.3. The first-order valence-electron chi connectivity index (χ1n) is 6.24. The van der Waals surface area contributed by atoms with Crippen LogP contribution in [0.4, 0.5) is 0 Å². The molecule has 2 aromatic heterocycles. The Morgan fingerprint density at radius 3 is 3.11 bits per heavy atom. The standard InChI is InChI=1S/C12H14N4OS2/c1-2-4-10(17)15-6-8-19-12-14-13-11(16(12)15)9-5-3-7-18-9/h3,5,7H,2,4,6,8H2,1H3. The average molecular weight is 294 g/mol. The van der Waals surface area contributed by atoms with E-state index in [9.17, 15) is 4.79 Å². The van der Waals surface area contributed by atoms with E-state index >= 15 is 0 Å². The second kappa shape index (κ2) is 5.34. The van der Waals surface area contributed by atoms with Crippen molar-refractivity contribution < 1.29 is 4.79 Å². The number of thioether (sulfide) groups is 1. The molecule has 3 rings (SSSR count). The van der Waals surface area contributed by atoms with Crippen LogP contribution >= 0.6 is 23.1 Å². The van der Waals surface area contributed by atoms with Crippen molar-refractivity contribution in [2.45, 2.75) is 24.9 Å². The lowest BCUT2D eigenvalue weighted by atomic mass is 10.3. The van der Waals surface area contributed by atoms with Crippen LogP contribution in [0.25, 0.3) is 10.7 Å². The minimum atomic E-state index is 0.140. The Labute approximate surface area is 119 Å². The highest BCUT2D eigenvalue weighted by Crippen LogP contribution is 2.30. The zero-order chi connectivity index (χ0) is 13.2.